The first-order valence-electron chi connectivity index (χ1n) is 6.52. The minimum Gasteiger partial charge on any atom is -0.497 e. The number of aliphatic imine (C=N–C) groups is 1. The largest absolute Gasteiger partial charge is 0.497 e. The van der Waals surface area contributed by atoms with Crippen LogP contribution < -0.4 is 4.74 Å². The number of benzene rings is 2. The van der Waals surface area contributed by atoms with Crippen molar-refractivity contribution < 1.29 is 9.53 Å². The number of ether oxygens (including phenoxy) is 1. The second-order valence-electron chi connectivity index (χ2n) is 4.91. The van der Waals surface area contributed by atoms with Gasteiger partial charge >= 0.3 is 0 Å². The summed E-state index contributed by atoms with van der Waals surface area (Å²) >= 11 is 6.39. The maximum atomic E-state index is 12.7. The van der Waals surface area contributed by atoms with E-state index in [2.05, 4.69) is 4.99 Å². The predicted molar refractivity (Wildman–Crippen MR) is 82.7 cm³/mol. The van der Waals surface area contributed by atoms with Crippen molar-refractivity contribution in [2.45, 2.75) is 0 Å². The Bertz CT molecular complexity index is 865. The van der Waals surface area contributed by atoms with E-state index in [0.717, 1.165) is 11.1 Å². The highest BCUT2D eigenvalue weighted by Crippen LogP contribution is 2.43. The van der Waals surface area contributed by atoms with Crippen molar-refractivity contribution in [2.75, 3.05) is 7.11 Å². The number of Topliss-reactive ketones (excluding diaryl/α,β-unsaturated/α-hetero) is 1. The Morgan fingerprint density at radius 3 is 2.57 bits per heavy atom. The number of ketones is 1. The smallest absolute Gasteiger partial charge is 0.198 e. The Kier molecular flexibility index (Phi) is 2.53. The molecule has 2 aromatic rings. The monoisotopic (exact) mass is 295 g/mol. The van der Waals surface area contributed by atoms with E-state index in [9.17, 15) is 4.79 Å². The lowest BCUT2D eigenvalue weighted by molar-refractivity contribution is 0.104. The van der Waals surface area contributed by atoms with Crippen LogP contribution in [0.5, 0.6) is 5.75 Å². The average molecular weight is 296 g/mol. The van der Waals surface area contributed by atoms with Crippen molar-refractivity contribution >= 4 is 33.8 Å². The molecule has 0 amide bonds. The molecular formula is C17H10ClNO2. The number of nitrogens with zero attached hydrogens (tertiary/aromatic N) is 1. The Labute approximate surface area is 126 Å². The van der Waals surface area contributed by atoms with Crippen LogP contribution >= 0.6 is 11.6 Å². The molecule has 0 bridgehead atoms. The quantitative estimate of drug-likeness (QED) is 0.798. The summed E-state index contributed by atoms with van der Waals surface area (Å²) in [5.41, 5.74) is 4.09. The fourth-order valence-corrected chi connectivity index (χ4v) is 3.10. The lowest BCUT2D eigenvalue weighted by atomic mass is 9.95. The van der Waals surface area contributed by atoms with E-state index >= 15 is 0 Å². The van der Waals surface area contributed by atoms with Crippen molar-refractivity contribution in [3.05, 3.63) is 64.7 Å². The Balaban J connectivity index is 2.02. The topological polar surface area (TPSA) is 38.7 Å². The molecule has 0 N–H and O–H groups in total. The molecule has 0 atom stereocenters. The van der Waals surface area contributed by atoms with E-state index in [1.165, 1.54) is 0 Å². The number of allylic oxidation sites excluding steroid dienone is 1. The van der Waals surface area contributed by atoms with Gasteiger partial charge in [-0.2, -0.15) is 0 Å². The van der Waals surface area contributed by atoms with Gasteiger partial charge in [-0.15, -0.1) is 0 Å². The van der Waals surface area contributed by atoms with Crippen LogP contribution in [0.25, 0.3) is 5.03 Å². The first-order chi connectivity index (χ1) is 10.2. The normalized spacial score (nSPS) is 15.3. The van der Waals surface area contributed by atoms with Gasteiger partial charge in [0.1, 0.15) is 5.75 Å². The molecule has 0 fully saturated rings. The highest BCUT2D eigenvalue weighted by Gasteiger charge is 2.35. The highest BCUT2D eigenvalue weighted by molar-refractivity contribution is 6.60. The van der Waals surface area contributed by atoms with Crippen LogP contribution in [0.2, 0.25) is 0 Å². The van der Waals surface area contributed by atoms with Gasteiger partial charge in [0, 0.05) is 22.8 Å². The van der Waals surface area contributed by atoms with Crippen LogP contribution in [0.15, 0.2) is 53.0 Å². The molecule has 0 spiro atoms. The summed E-state index contributed by atoms with van der Waals surface area (Å²) < 4.78 is 5.20. The summed E-state index contributed by atoms with van der Waals surface area (Å²) in [6, 6.07) is 12.9. The molecule has 4 heteroatoms. The zero-order valence-electron chi connectivity index (χ0n) is 11.2. The Hall–Kier alpha value is -2.39. The van der Waals surface area contributed by atoms with Crippen LogP contribution in [0, 0.1) is 0 Å². The molecule has 1 aliphatic carbocycles. The number of methoxy groups -OCH3 is 1. The molecule has 1 heterocycles. The van der Waals surface area contributed by atoms with E-state index in [1.807, 2.05) is 24.3 Å². The predicted octanol–water partition coefficient (Wildman–Crippen LogP) is 3.98. The van der Waals surface area contributed by atoms with E-state index < -0.39 is 0 Å². The fraction of sp³-hybridized carbons (Fsp3) is 0.0588. The van der Waals surface area contributed by atoms with Gasteiger partial charge in [0.05, 0.1) is 29.1 Å². The molecule has 4 rings (SSSR count). The highest BCUT2D eigenvalue weighted by atomic mass is 35.5. The standard InChI is InChI=1S/C17H10ClNO2/c1-21-9-6-7-12-13(8-9)19-16-11-5-3-2-4-10(11)15(18)14(16)17(12)20/h2-8H,1H3. The molecule has 0 saturated carbocycles. The second kappa shape index (κ2) is 4.30. The molecule has 0 radical (unpaired) electrons. The van der Waals surface area contributed by atoms with Crippen molar-refractivity contribution in [1.29, 1.82) is 0 Å². The van der Waals surface area contributed by atoms with Gasteiger partial charge < -0.3 is 4.74 Å². The molecule has 102 valence electrons. The number of carbonyl (C=O) groups is 1. The second-order valence-corrected chi connectivity index (χ2v) is 5.29. The minimum atomic E-state index is -0.0844. The number of halogens is 1. The van der Waals surface area contributed by atoms with Gasteiger partial charge in [-0.05, 0) is 12.1 Å². The average Bonchev–Trinajstić information content (AvgIpc) is 2.81. The van der Waals surface area contributed by atoms with Crippen LogP contribution in [0.4, 0.5) is 5.69 Å². The fourth-order valence-electron chi connectivity index (χ4n) is 2.76. The molecule has 2 aromatic carbocycles. The number of rotatable bonds is 1. The third kappa shape index (κ3) is 1.61. The van der Waals surface area contributed by atoms with Crippen LogP contribution in [-0.2, 0) is 0 Å². The van der Waals surface area contributed by atoms with Gasteiger partial charge in [-0.1, -0.05) is 35.9 Å². The maximum Gasteiger partial charge on any atom is 0.198 e. The van der Waals surface area contributed by atoms with Crippen molar-refractivity contribution in [3.63, 3.8) is 0 Å². The van der Waals surface area contributed by atoms with Crippen molar-refractivity contribution in [1.82, 2.24) is 0 Å². The van der Waals surface area contributed by atoms with Crippen LogP contribution in [0.3, 0.4) is 0 Å². The minimum absolute atomic E-state index is 0.0844. The van der Waals surface area contributed by atoms with E-state index in [4.69, 9.17) is 16.3 Å². The third-order valence-electron chi connectivity index (χ3n) is 3.78. The third-order valence-corrected chi connectivity index (χ3v) is 4.18. The molecule has 21 heavy (non-hydrogen) atoms. The summed E-state index contributed by atoms with van der Waals surface area (Å²) in [5, 5.41) is 0.482. The zero-order chi connectivity index (χ0) is 14.6. The van der Waals surface area contributed by atoms with E-state index in [1.54, 1.807) is 25.3 Å². The van der Waals surface area contributed by atoms with Gasteiger partial charge in [0.2, 0.25) is 0 Å². The molecule has 1 aliphatic heterocycles. The summed E-state index contributed by atoms with van der Waals surface area (Å²) in [5.74, 6) is 0.592. The zero-order valence-corrected chi connectivity index (χ0v) is 11.9. The molecule has 0 aromatic heterocycles. The first-order valence-corrected chi connectivity index (χ1v) is 6.90. The lowest BCUT2D eigenvalue weighted by Crippen LogP contribution is -2.16. The molecule has 0 saturated heterocycles. The Morgan fingerprint density at radius 1 is 1.05 bits per heavy atom. The lowest BCUT2D eigenvalue weighted by Gasteiger charge is -2.15. The van der Waals surface area contributed by atoms with Crippen molar-refractivity contribution in [2.24, 2.45) is 4.99 Å². The van der Waals surface area contributed by atoms with Crippen LogP contribution in [-0.4, -0.2) is 18.6 Å². The first kappa shape index (κ1) is 12.4. The summed E-state index contributed by atoms with van der Waals surface area (Å²) in [6.07, 6.45) is 0. The number of fused-ring (bicyclic) bond motifs is 4. The van der Waals surface area contributed by atoms with Crippen LogP contribution in [0.1, 0.15) is 21.5 Å². The van der Waals surface area contributed by atoms with Gasteiger partial charge in [0.15, 0.2) is 5.78 Å². The van der Waals surface area contributed by atoms with E-state index in [0.29, 0.717) is 33.3 Å². The SMILES string of the molecule is COc1ccc2c(c1)N=C1C(=C(Cl)c3ccccc31)C2=O. The van der Waals surface area contributed by atoms with Crippen molar-refractivity contribution in [3.8, 4) is 5.75 Å². The Morgan fingerprint density at radius 2 is 1.81 bits per heavy atom. The molecule has 0 unspecified atom stereocenters. The van der Waals surface area contributed by atoms with Gasteiger partial charge in [-0.3, -0.25) is 4.79 Å². The molecule has 3 nitrogen and oxygen atoms in total. The van der Waals surface area contributed by atoms with Gasteiger partial charge in [-0.25, -0.2) is 4.99 Å². The molecular weight excluding hydrogens is 286 g/mol. The number of hydrogen-bond acceptors (Lipinski definition) is 3. The summed E-state index contributed by atoms with van der Waals surface area (Å²) in [7, 11) is 1.59. The maximum absolute atomic E-state index is 12.7. The van der Waals surface area contributed by atoms with Gasteiger partial charge in [0.25, 0.3) is 0 Å². The van der Waals surface area contributed by atoms with E-state index in [-0.39, 0.29) is 5.78 Å². The summed E-state index contributed by atoms with van der Waals surface area (Å²) in [4.78, 5) is 17.3. The molecule has 2 aliphatic rings. The number of carbonyl (C=O) groups excluding carboxylic acids is 1. The summed E-state index contributed by atoms with van der Waals surface area (Å²) in [6.45, 7) is 0. The number of hydrogen-bond donors (Lipinski definition) is 0.